The number of hydrogen-bond donors (Lipinski definition) is 2. The summed E-state index contributed by atoms with van der Waals surface area (Å²) in [6.45, 7) is 0. The molecule has 8 nitrogen and oxygen atoms in total. The third-order valence-corrected chi connectivity index (χ3v) is 2.23. The Morgan fingerprint density at radius 3 is 2.27 bits per heavy atom. The molecule has 0 bridgehead atoms. The van der Waals surface area contributed by atoms with Gasteiger partial charge in [-0.2, -0.15) is 0 Å². The third-order valence-electron chi connectivity index (χ3n) is 1.61. The van der Waals surface area contributed by atoms with E-state index in [0.29, 0.717) is 0 Å². The highest BCUT2D eigenvalue weighted by molar-refractivity contribution is 9.10. The summed E-state index contributed by atoms with van der Waals surface area (Å²) in [6, 6.07) is 1.96. The molecule has 0 saturated heterocycles. The Balaban J connectivity index is 3.45. The number of non-ortho nitro benzene ring substituents is 1. The molecule has 0 amide bonds. The van der Waals surface area contributed by atoms with Crippen LogP contribution in [0.25, 0.3) is 0 Å². The maximum atomic E-state index is 10.6. The zero-order valence-corrected chi connectivity index (χ0v) is 8.72. The molecule has 0 spiro atoms. The second-order valence-corrected chi connectivity index (χ2v) is 3.33. The summed E-state index contributed by atoms with van der Waals surface area (Å²) >= 11 is 2.94. The van der Waals surface area contributed by atoms with Gasteiger partial charge in [-0.15, -0.1) is 0 Å². The van der Waals surface area contributed by atoms with Crippen molar-refractivity contribution < 1.29 is 9.85 Å². The van der Waals surface area contributed by atoms with Crippen LogP contribution in [0.15, 0.2) is 16.6 Å². The largest absolute Gasteiger partial charge is 0.317 e. The number of nitro groups is 2. The Morgan fingerprint density at radius 1 is 1.27 bits per heavy atom. The average Bonchev–Trinajstić information content (AvgIpc) is 2.16. The van der Waals surface area contributed by atoms with Gasteiger partial charge in [-0.1, -0.05) is 0 Å². The molecule has 0 heterocycles. The lowest BCUT2D eigenvalue weighted by Gasteiger charge is -2.03. The van der Waals surface area contributed by atoms with Crippen molar-refractivity contribution in [3.63, 3.8) is 0 Å². The number of hydrazine groups is 1. The first-order chi connectivity index (χ1) is 6.97. The topological polar surface area (TPSA) is 124 Å². The SMILES string of the molecule is NNc1c(Br)cc([N+](=O)[O-])cc1[N+](=O)[O-]. The summed E-state index contributed by atoms with van der Waals surface area (Å²) in [5, 5.41) is 21.0. The van der Waals surface area contributed by atoms with Crippen molar-refractivity contribution in [1.29, 1.82) is 0 Å². The van der Waals surface area contributed by atoms with Crippen molar-refractivity contribution in [2.45, 2.75) is 0 Å². The first kappa shape index (κ1) is 11.3. The molecular weight excluding hydrogens is 272 g/mol. The van der Waals surface area contributed by atoms with Gasteiger partial charge in [-0.3, -0.25) is 26.1 Å². The Hall–Kier alpha value is -1.74. The van der Waals surface area contributed by atoms with Crippen LogP contribution in [0.1, 0.15) is 0 Å². The van der Waals surface area contributed by atoms with Crippen LogP contribution in [0.2, 0.25) is 0 Å². The standard InChI is InChI=1S/C6H5BrN4O4/c7-4-1-3(10(12)13)2-5(11(14)15)6(4)9-8/h1-2,9H,8H2. The van der Waals surface area contributed by atoms with E-state index in [4.69, 9.17) is 5.84 Å². The highest BCUT2D eigenvalue weighted by Crippen LogP contribution is 2.35. The van der Waals surface area contributed by atoms with Crippen LogP contribution in [0.4, 0.5) is 17.1 Å². The number of halogens is 1. The number of nitrogens with two attached hydrogens (primary N) is 1. The molecule has 0 aliphatic rings. The summed E-state index contributed by atoms with van der Waals surface area (Å²) in [4.78, 5) is 19.5. The van der Waals surface area contributed by atoms with Crippen LogP contribution < -0.4 is 11.3 Å². The molecule has 9 heteroatoms. The molecule has 0 fully saturated rings. The van der Waals surface area contributed by atoms with Crippen LogP contribution >= 0.6 is 15.9 Å². The third kappa shape index (κ3) is 2.19. The Morgan fingerprint density at radius 2 is 1.87 bits per heavy atom. The van der Waals surface area contributed by atoms with Crippen LogP contribution in [-0.4, -0.2) is 9.85 Å². The Labute approximate surface area is 91.5 Å². The Bertz CT molecular complexity index is 435. The van der Waals surface area contributed by atoms with Crippen molar-refractivity contribution in [3.05, 3.63) is 36.8 Å². The minimum absolute atomic E-state index is 0.00870. The van der Waals surface area contributed by atoms with Crippen LogP contribution in [0, 0.1) is 20.2 Å². The van der Waals surface area contributed by atoms with Crippen molar-refractivity contribution >= 4 is 33.0 Å². The molecule has 0 aromatic heterocycles. The van der Waals surface area contributed by atoms with E-state index < -0.39 is 15.5 Å². The lowest BCUT2D eigenvalue weighted by molar-refractivity contribution is -0.393. The zero-order valence-electron chi connectivity index (χ0n) is 7.14. The van der Waals surface area contributed by atoms with E-state index in [9.17, 15) is 20.2 Å². The van der Waals surface area contributed by atoms with Gasteiger partial charge in [-0.05, 0) is 15.9 Å². The first-order valence-corrected chi connectivity index (χ1v) is 4.35. The number of rotatable bonds is 3. The second kappa shape index (κ2) is 4.19. The molecule has 1 aromatic rings. The summed E-state index contributed by atoms with van der Waals surface area (Å²) in [5.74, 6) is 5.06. The molecular formula is C6H5BrN4O4. The van der Waals surface area contributed by atoms with Crippen LogP contribution in [0.3, 0.4) is 0 Å². The number of nitro benzene ring substituents is 2. The minimum Gasteiger partial charge on any atom is -0.317 e. The quantitative estimate of drug-likeness (QED) is 0.490. The van der Waals surface area contributed by atoms with Gasteiger partial charge >= 0.3 is 5.69 Å². The summed E-state index contributed by atoms with van der Waals surface area (Å²) in [7, 11) is 0. The van der Waals surface area contributed by atoms with E-state index in [1.54, 1.807) is 0 Å². The van der Waals surface area contributed by atoms with Crippen molar-refractivity contribution in [2.24, 2.45) is 5.84 Å². The number of anilines is 1. The fraction of sp³-hybridized carbons (Fsp3) is 0. The van der Waals surface area contributed by atoms with Gasteiger partial charge in [-0.25, -0.2) is 0 Å². The summed E-state index contributed by atoms with van der Waals surface area (Å²) in [5.41, 5.74) is 1.25. The van der Waals surface area contributed by atoms with E-state index >= 15 is 0 Å². The fourth-order valence-corrected chi connectivity index (χ4v) is 1.52. The van der Waals surface area contributed by atoms with E-state index in [-0.39, 0.29) is 15.8 Å². The normalized spacial score (nSPS) is 9.73. The molecule has 0 saturated carbocycles. The van der Waals surface area contributed by atoms with Crippen LogP contribution in [0.5, 0.6) is 0 Å². The minimum atomic E-state index is -0.757. The number of nitrogens with one attached hydrogen (secondary N) is 1. The zero-order chi connectivity index (χ0) is 11.6. The maximum Gasteiger partial charge on any atom is 0.301 e. The molecule has 3 N–H and O–H groups in total. The second-order valence-electron chi connectivity index (χ2n) is 2.48. The smallest absolute Gasteiger partial charge is 0.301 e. The molecule has 0 radical (unpaired) electrons. The fourth-order valence-electron chi connectivity index (χ4n) is 0.971. The lowest BCUT2D eigenvalue weighted by Crippen LogP contribution is -2.10. The van der Waals surface area contributed by atoms with Crippen LogP contribution in [-0.2, 0) is 0 Å². The number of hydrogen-bond acceptors (Lipinski definition) is 6. The van der Waals surface area contributed by atoms with Gasteiger partial charge in [0.2, 0.25) is 0 Å². The van der Waals surface area contributed by atoms with Crippen molar-refractivity contribution in [3.8, 4) is 0 Å². The van der Waals surface area contributed by atoms with Gasteiger partial charge < -0.3 is 5.43 Å². The lowest BCUT2D eigenvalue weighted by atomic mass is 10.2. The molecule has 15 heavy (non-hydrogen) atoms. The predicted octanol–water partition coefficient (Wildman–Crippen LogP) is 1.55. The van der Waals surface area contributed by atoms with Gasteiger partial charge in [0, 0.05) is 6.07 Å². The average molecular weight is 277 g/mol. The van der Waals surface area contributed by atoms with E-state index in [2.05, 4.69) is 21.4 Å². The highest BCUT2D eigenvalue weighted by atomic mass is 79.9. The first-order valence-electron chi connectivity index (χ1n) is 3.56. The number of nitrogen functional groups attached to an aromatic ring is 1. The monoisotopic (exact) mass is 276 g/mol. The van der Waals surface area contributed by atoms with Crippen molar-refractivity contribution in [2.75, 3.05) is 5.43 Å². The van der Waals surface area contributed by atoms with Gasteiger partial charge in [0.05, 0.1) is 20.4 Å². The number of benzene rings is 1. The number of nitrogens with zero attached hydrogens (tertiary/aromatic N) is 2. The molecule has 80 valence electrons. The molecule has 0 unspecified atom stereocenters. The summed E-state index contributed by atoms with van der Waals surface area (Å²) in [6.07, 6.45) is 0. The predicted molar refractivity (Wildman–Crippen MR) is 55.3 cm³/mol. The van der Waals surface area contributed by atoms with E-state index in [1.165, 1.54) is 0 Å². The summed E-state index contributed by atoms with van der Waals surface area (Å²) < 4.78 is 0.158. The van der Waals surface area contributed by atoms with E-state index in [1.807, 2.05) is 0 Å². The van der Waals surface area contributed by atoms with E-state index in [0.717, 1.165) is 12.1 Å². The maximum absolute atomic E-state index is 10.6. The van der Waals surface area contributed by atoms with Crippen molar-refractivity contribution in [1.82, 2.24) is 0 Å². The molecule has 1 aromatic carbocycles. The molecule has 0 aliphatic carbocycles. The highest BCUT2D eigenvalue weighted by Gasteiger charge is 2.22. The van der Waals surface area contributed by atoms with Gasteiger partial charge in [0.15, 0.2) is 0 Å². The molecule has 0 aliphatic heterocycles. The molecule has 0 atom stereocenters. The molecule has 1 rings (SSSR count). The van der Waals surface area contributed by atoms with Gasteiger partial charge in [0.1, 0.15) is 5.69 Å². The van der Waals surface area contributed by atoms with Gasteiger partial charge in [0.25, 0.3) is 5.69 Å². The Kier molecular flexibility index (Phi) is 3.17.